The number of benzene rings is 2. The lowest BCUT2D eigenvalue weighted by Gasteiger charge is -2.26. The van der Waals surface area contributed by atoms with Crippen molar-refractivity contribution in [2.75, 3.05) is 20.1 Å². The Labute approximate surface area is 431 Å². The number of aromatic nitrogens is 4. The topological polar surface area (TPSA) is 243 Å². The highest BCUT2D eigenvalue weighted by atomic mass is 32.2. The van der Waals surface area contributed by atoms with Crippen LogP contribution >= 0.6 is 0 Å². The Hall–Kier alpha value is -7.86. The molecule has 76 heavy (non-hydrogen) atoms. The highest BCUT2D eigenvalue weighted by Gasteiger charge is 2.50. The SMILES string of the molecule is Cc1ccccc1-c1nc(NS(=O)(=O)c2cccc(N[C@@H]3[C@H](C(=O)O)[C@@H]4C=C[C@H]3C4)n2)ccc1C(F)(F)F.Cc1ccccc1-c1nc(NS(=O)(=O)c2cccc(N[C@H]3[C@@H](C(=O)O)[C@H]4C=C[C@@H]3C4)n2)ccc1C(F)(F)F. The molecule has 396 valence electrons. The molecule has 4 aliphatic rings. The number of nitrogens with zero attached hydrogens (tertiary/aromatic N) is 4. The van der Waals surface area contributed by atoms with E-state index in [1.54, 1.807) is 50.2 Å². The molecular weight excluding hydrogens is 1040 g/mol. The quantitative estimate of drug-likeness (QED) is 0.0439. The van der Waals surface area contributed by atoms with Crippen LogP contribution < -0.4 is 20.1 Å². The molecule has 0 spiro atoms. The second-order valence-corrected chi connectivity index (χ2v) is 22.0. The van der Waals surface area contributed by atoms with E-state index < -0.39 is 101 Å². The van der Waals surface area contributed by atoms with E-state index in [-0.39, 0.29) is 58.1 Å². The molecular formula is C52H46F6N8O8S2. The maximum Gasteiger partial charge on any atom is 0.418 e. The fourth-order valence-corrected chi connectivity index (χ4v) is 12.2. The van der Waals surface area contributed by atoms with Crippen molar-refractivity contribution in [3.8, 4) is 22.5 Å². The molecule has 0 unspecified atom stereocenters. The van der Waals surface area contributed by atoms with Crippen molar-refractivity contribution in [1.82, 2.24) is 19.9 Å². The van der Waals surface area contributed by atoms with Crippen molar-refractivity contribution in [3.05, 3.63) is 156 Å². The van der Waals surface area contributed by atoms with Crippen LogP contribution in [0.25, 0.3) is 22.5 Å². The van der Waals surface area contributed by atoms with Crippen LogP contribution in [-0.4, -0.2) is 71.0 Å². The molecule has 4 heterocycles. The number of alkyl halides is 6. The predicted octanol–water partition coefficient (Wildman–Crippen LogP) is 9.92. The van der Waals surface area contributed by atoms with Gasteiger partial charge >= 0.3 is 24.3 Å². The van der Waals surface area contributed by atoms with E-state index in [4.69, 9.17) is 0 Å². The number of halogens is 6. The fraction of sp³-hybridized carbons (Fsp3) is 0.269. The van der Waals surface area contributed by atoms with E-state index in [1.165, 1.54) is 48.5 Å². The van der Waals surface area contributed by atoms with Crippen molar-refractivity contribution in [3.63, 3.8) is 0 Å². The number of carboxylic acids is 2. The molecule has 0 amide bonds. The first-order valence-corrected chi connectivity index (χ1v) is 26.5. The molecule has 10 rings (SSSR count). The molecule has 16 nitrogen and oxygen atoms in total. The molecule has 24 heteroatoms. The number of carbonyl (C=O) groups is 2. The molecule has 2 saturated carbocycles. The van der Waals surface area contributed by atoms with E-state index >= 15 is 0 Å². The zero-order valence-corrected chi connectivity index (χ0v) is 41.6. The van der Waals surface area contributed by atoms with Crippen molar-refractivity contribution in [2.24, 2.45) is 35.5 Å². The van der Waals surface area contributed by atoms with Crippen LogP contribution in [-0.2, 0) is 42.0 Å². The third-order valence-corrected chi connectivity index (χ3v) is 16.3. The number of anilines is 4. The van der Waals surface area contributed by atoms with Crippen LogP contribution in [0.2, 0.25) is 0 Å². The van der Waals surface area contributed by atoms with Crippen molar-refractivity contribution in [1.29, 1.82) is 0 Å². The van der Waals surface area contributed by atoms with E-state index in [0.717, 1.165) is 24.3 Å². The number of allylic oxidation sites excluding steroid dienone is 2. The molecule has 4 aliphatic carbocycles. The maximum absolute atomic E-state index is 13.7. The van der Waals surface area contributed by atoms with Crippen LogP contribution in [0.15, 0.2) is 144 Å². The molecule has 0 aliphatic heterocycles. The van der Waals surface area contributed by atoms with E-state index in [1.807, 2.05) is 24.3 Å². The average Bonchev–Trinajstić information content (AvgIpc) is 4.18. The molecule has 0 radical (unpaired) electrons. The monoisotopic (exact) mass is 1090 g/mol. The normalized spacial score (nSPS) is 22.4. The second kappa shape index (κ2) is 20.3. The van der Waals surface area contributed by atoms with Gasteiger partial charge in [-0.1, -0.05) is 85.0 Å². The Kier molecular flexibility index (Phi) is 14.2. The van der Waals surface area contributed by atoms with Crippen LogP contribution in [0.5, 0.6) is 0 Å². The predicted molar refractivity (Wildman–Crippen MR) is 267 cm³/mol. The summed E-state index contributed by atoms with van der Waals surface area (Å²) in [5.41, 5.74) is -1.26. The summed E-state index contributed by atoms with van der Waals surface area (Å²) in [6.45, 7) is 3.27. The largest absolute Gasteiger partial charge is 0.481 e. The van der Waals surface area contributed by atoms with Gasteiger partial charge in [0.15, 0.2) is 10.1 Å². The number of carboxylic acid groups (broad SMARTS) is 2. The van der Waals surface area contributed by atoms with Crippen LogP contribution in [0.3, 0.4) is 0 Å². The van der Waals surface area contributed by atoms with Crippen molar-refractivity contribution in [2.45, 2.75) is 61.2 Å². The van der Waals surface area contributed by atoms with Gasteiger partial charge in [0.2, 0.25) is 0 Å². The van der Waals surface area contributed by atoms with Crippen LogP contribution in [0, 0.1) is 49.4 Å². The first-order chi connectivity index (χ1) is 35.9. The number of rotatable bonds is 14. The molecule has 8 atom stereocenters. The van der Waals surface area contributed by atoms with Gasteiger partial charge in [0.1, 0.15) is 23.3 Å². The number of pyridine rings is 4. The Morgan fingerprint density at radius 2 is 0.855 bits per heavy atom. The first-order valence-electron chi connectivity index (χ1n) is 23.5. The van der Waals surface area contributed by atoms with E-state index in [0.29, 0.717) is 24.0 Å². The van der Waals surface area contributed by atoms with Crippen molar-refractivity contribution < 1.29 is 63.0 Å². The highest BCUT2D eigenvalue weighted by molar-refractivity contribution is 7.93. The van der Waals surface area contributed by atoms with Crippen LogP contribution in [0.4, 0.5) is 49.6 Å². The summed E-state index contributed by atoms with van der Waals surface area (Å²) in [4.78, 5) is 39.9. The minimum Gasteiger partial charge on any atom is -0.481 e. The number of aliphatic carboxylic acids is 2. The van der Waals surface area contributed by atoms with Gasteiger partial charge in [-0.3, -0.25) is 19.0 Å². The van der Waals surface area contributed by atoms with Gasteiger partial charge in [-0.25, -0.2) is 19.9 Å². The molecule has 0 saturated heterocycles. The number of hydrogen-bond acceptors (Lipinski definition) is 12. The summed E-state index contributed by atoms with van der Waals surface area (Å²) >= 11 is 0. The first kappa shape index (κ1) is 53.0. The Morgan fingerprint density at radius 3 is 1.21 bits per heavy atom. The zero-order valence-electron chi connectivity index (χ0n) is 40.0. The molecule has 4 bridgehead atoms. The number of fused-ring (bicyclic) bond motifs is 4. The summed E-state index contributed by atoms with van der Waals surface area (Å²) in [6, 6.07) is 23.7. The van der Waals surface area contributed by atoms with Gasteiger partial charge in [0.05, 0.1) is 34.4 Å². The van der Waals surface area contributed by atoms with Gasteiger partial charge in [0, 0.05) is 23.2 Å². The zero-order chi connectivity index (χ0) is 54.5. The highest BCUT2D eigenvalue weighted by Crippen LogP contribution is 2.47. The Bertz CT molecular complexity index is 3310. The lowest BCUT2D eigenvalue weighted by molar-refractivity contribution is -0.143. The summed E-state index contributed by atoms with van der Waals surface area (Å²) in [5.74, 6) is -3.71. The number of hydrogen-bond donors (Lipinski definition) is 6. The Balaban J connectivity index is 0.000000186. The number of nitrogens with one attached hydrogen (secondary N) is 4. The molecule has 2 aromatic carbocycles. The number of sulfonamides is 2. The second-order valence-electron chi connectivity index (χ2n) is 18.7. The standard InChI is InChI=1S/2C26H23F3N4O4S/c2*1-14-5-2-3-6-17(14)24-18(26(27,28)29)11-12-20(32-24)33-38(36,37)21-8-4-7-19(30-21)31-23-16-10-9-15(13-16)22(23)25(34)35/h2*2-12,15-16,22-23H,13H2,1H3,(H,30,31)(H,32,33)(H,34,35)/t2*15-,16+,22-,23+/m10/s1. The molecule has 2 fully saturated rings. The lowest BCUT2D eigenvalue weighted by atomic mass is 9.89. The maximum atomic E-state index is 13.7. The third-order valence-electron chi connectivity index (χ3n) is 13.8. The summed E-state index contributed by atoms with van der Waals surface area (Å²) in [5, 5.41) is 24.6. The third kappa shape index (κ3) is 10.9. The van der Waals surface area contributed by atoms with Gasteiger partial charge < -0.3 is 20.8 Å². The minimum atomic E-state index is -4.70. The lowest BCUT2D eigenvalue weighted by Crippen LogP contribution is -2.38. The minimum absolute atomic E-state index is 0.0162. The van der Waals surface area contributed by atoms with Crippen molar-refractivity contribution >= 4 is 55.3 Å². The van der Waals surface area contributed by atoms with Gasteiger partial charge in [-0.2, -0.15) is 43.2 Å². The molecule has 6 aromatic rings. The molecule has 4 aromatic heterocycles. The average molecular weight is 1090 g/mol. The smallest absolute Gasteiger partial charge is 0.418 e. The fourth-order valence-electron chi connectivity index (χ4n) is 10.3. The summed E-state index contributed by atoms with van der Waals surface area (Å²) in [6.07, 6.45) is -0.338. The van der Waals surface area contributed by atoms with E-state index in [2.05, 4.69) is 40.0 Å². The summed E-state index contributed by atoms with van der Waals surface area (Å²) in [7, 11) is -8.68. The molecule has 6 N–H and O–H groups in total. The van der Waals surface area contributed by atoms with Gasteiger partial charge in [-0.15, -0.1) is 0 Å². The Morgan fingerprint density at radius 1 is 0.487 bits per heavy atom. The summed E-state index contributed by atoms with van der Waals surface area (Å²) < 4.78 is 139. The van der Waals surface area contributed by atoms with Gasteiger partial charge in [-0.05, 0) is 110 Å². The van der Waals surface area contributed by atoms with E-state index in [9.17, 15) is 63.0 Å². The number of aryl methyl sites for hydroxylation is 2. The van der Waals surface area contributed by atoms with Crippen LogP contribution in [0.1, 0.15) is 35.1 Å². The van der Waals surface area contributed by atoms with Gasteiger partial charge in [0.25, 0.3) is 20.0 Å².